The average molecular weight is 488 g/mol. The van der Waals surface area contributed by atoms with Crippen LogP contribution in [-0.2, 0) is 20.2 Å². The van der Waals surface area contributed by atoms with Gasteiger partial charge in [-0.1, -0.05) is 71.9 Å². The first-order chi connectivity index (χ1) is 15.1. The Labute approximate surface area is 204 Å². The van der Waals surface area contributed by atoms with E-state index in [1.54, 1.807) is 6.08 Å². The highest BCUT2D eigenvalue weighted by Crippen LogP contribution is 2.44. The normalized spacial score (nSPS) is 22.7. The van der Waals surface area contributed by atoms with Crippen LogP contribution in [0.25, 0.3) is 0 Å². The quantitative estimate of drug-likeness (QED) is 0.293. The average Bonchev–Trinajstić information content (AvgIpc) is 2.67. The first-order valence-corrected chi connectivity index (χ1v) is 18.0. The monoisotopic (exact) mass is 487 g/mol. The van der Waals surface area contributed by atoms with E-state index in [1.807, 2.05) is 18.2 Å². The van der Waals surface area contributed by atoms with Crippen molar-refractivity contribution in [1.82, 2.24) is 0 Å². The largest absolute Gasteiger partial charge is 0.410 e. The lowest BCUT2D eigenvalue weighted by atomic mass is 9.87. The summed E-state index contributed by atoms with van der Waals surface area (Å²) in [5.41, 5.74) is 2.16. The fourth-order valence-corrected chi connectivity index (χ4v) is 6.13. The zero-order chi connectivity index (χ0) is 25.1. The van der Waals surface area contributed by atoms with Crippen molar-refractivity contribution in [3.63, 3.8) is 0 Å². The van der Waals surface area contributed by atoms with Crippen LogP contribution in [-0.4, -0.2) is 34.9 Å². The molecule has 0 radical (unpaired) electrons. The first-order valence-electron chi connectivity index (χ1n) is 12.2. The maximum absolute atomic E-state index is 9.64. The number of allylic oxidation sites excluding steroid dienone is 1. The smallest absolute Gasteiger partial charge is 0.192 e. The Morgan fingerprint density at radius 3 is 1.73 bits per heavy atom. The van der Waals surface area contributed by atoms with Gasteiger partial charge in [-0.25, -0.2) is 0 Å². The van der Waals surface area contributed by atoms with E-state index < -0.39 is 16.6 Å². The summed E-state index contributed by atoms with van der Waals surface area (Å²) in [6, 6.07) is 12.6. The number of nitrogens with zero attached hydrogens (tertiary/aromatic N) is 1. The molecule has 4 nitrogen and oxygen atoms in total. The molecule has 2 rings (SSSR count). The van der Waals surface area contributed by atoms with Gasteiger partial charge in [-0.05, 0) is 47.4 Å². The number of rotatable bonds is 7. The van der Waals surface area contributed by atoms with Crippen LogP contribution in [0.4, 0.5) is 0 Å². The van der Waals surface area contributed by atoms with Crippen molar-refractivity contribution in [3.05, 3.63) is 47.5 Å². The molecule has 1 aliphatic rings. The molecule has 0 heterocycles. The van der Waals surface area contributed by atoms with Crippen molar-refractivity contribution < 1.29 is 13.6 Å². The fourth-order valence-electron chi connectivity index (χ4n) is 3.54. The highest BCUT2D eigenvalue weighted by atomic mass is 28.4. The molecule has 0 bridgehead atoms. The lowest BCUT2D eigenvalue weighted by molar-refractivity contribution is -0.0324. The summed E-state index contributed by atoms with van der Waals surface area (Å²) in [6.07, 6.45) is 2.90. The van der Waals surface area contributed by atoms with Crippen LogP contribution >= 0.6 is 0 Å². The van der Waals surface area contributed by atoms with E-state index >= 15 is 0 Å². The van der Waals surface area contributed by atoms with E-state index in [4.69, 9.17) is 13.6 Å². The summed E-state index contributed by atoms with van der Waals surface area (Å²) >= 11 is 0. The molecule has 1 aromatic carbocycles. The minimum Gasteiger partial charge on any atom is -0.410 e. The summed E-state index contributed by atoms with van der Waals surface area (Å²) in [6.45, 7) is 23.2. The minimum atomic E-state index is -2.05. The van der Waals surface area contributed by atoms with Gasteiger partial charge in [0.1, 0.15) is 0 Å². The van der Waals surface area contributed by atoms with E-state index in [1.165, 1.54) is 5.56 Å². The van der Waals surface area contributed by atoms with Crippen molar-refractivity contribution in [3.8, 4) is 6.07 Å². The second kappa shape index (κ2) is 10.6. The molecule has 6 heteroatoms. The van der Waals surface area contributed by atoms with E-state index in [2.05, 4.69) is 85.9 Å². The van der Waals surface area contributed by atoms with Crippen LogP contribution in [0.5, 0.6) is 0 Å². The van der Waals surface area contributed by atoms with Crippen molar-refractivity contribution in [2.45, 2.75) is 116 Å². The Hall–Kier alpha value is -1.24. The second-order valence-corrected chi connectivity index (χ2v) is 21.9. The highest BCUT2D eigenvalue weighted by molar-refractivity contribution is 6.74. The molecule has 1 fully saturated rings. The van der Waals surface area contributed by atoms with Gasteiger partial charge in [-0.3, -0.25) is 0 Å². The van der Waals surface area contributed by atoms with Crippen LogP contribution < -0.4 is 0 Å². The van der Waals surface area contributed by atoms with Gasteiger partial charge < -0.3 is 13.6 Å². The Kier molecular flexibility index (Phi) is 8.97. The van der Waals surface area contributed by atoms with Crippen LogP contribution in [0.2, 0.25) is 36.3 Å². The Morgan fingerprint density at radius 2 is 1.33 bits per heavy atom. The predicted octanol–water partition coefficient (Wildman–Crippen LogP) is 7.60. The van der Waals surface area contributed by atoms with Gasteiger partial charge in [-0.15, -0.1) is 0 Å². The van der Waals surface area contributed by atoms with E-state index in [9.17, 15) is 5.26 Å². The van der Waals surface area contributed by atoms with Gasteiger partial charge in [0.25, 0.3) is 0 Å². The van der Waals surface area contributed by atoms with E-state index in [0.29, 0.717) is 6.61 Å². The Balaban J connectivity index is 2.36. The molecule has 1 aromatic rings. The molecular weight excluding hydrogens is 442 g/mol. The van der Waals surface area contributed by atoms with Gasteiger partial charge in [0, 0.05) is 18.9 Å². The topological polar surface area (TPSA) is 51.5 Å². The van der Waals surface area contributed by atoms with Gasteiger partial charge in [-0.2, -0.15) is 5.26 Å². The maximum atomic E-state index is 9.64. The Morgan fingerprint density at radius 1 is 0.879 bits per heavy atom. The van der Waals surface area contributed by atoms with Gasteiger partial charge in [0.05, 0.1) is 31.0 Å². The van der Waals surface area contributed by atoms with Crippen LogP contribution in [0, 0.1) is 11.3 Å². The van der Waals surface area contributed by atoms with Gasteiger partial charge in [0.2, 0.25) is 0 Å². The molecule has 0 saturated heterocycles. The van der Waals surface area contributed by atoms with E-state index in [0.717, 1.165) is 18.4 Å². The van der Waals surface area contributed by atoms with Crippen molar-refractivity contribution >= 4 is 16.6 Å². The van der Waals surface area contributed by atoms with Crippen molar-refractivity contribution in [2.75, 3.05) is 0 Å². The van der Waals surface area contributed by atoms with Crippen LogP contribution in [0.1, 0.15) is 59.9 Å². The third kappa shape index (κ3) is 7.37. The second-order valence-electron chi connectivity index (χ2n) is 12.4. The lowest BCUT2D eigenvalue weighted by Crippen LogP contribution is -2.52. The molecule has 33 heavy (non-hydrogen) atoms. The highest BCUT2D eigenvalue weighted by Gasteiger charge is 2.46. The summed E-state index contributed by atoms with van der Waals surface area (Å²) in [5.74, 6) is 0. The standard InChI is InChI=1S/C27H45NO3Si2/c1-26(2,3)32(7,8)30-24-18-22(29-20-21-14-12-11-13-15-21)19-25(23(24)16-17-28)31-33(9,10)27(4,5)6/h11-16,22,24-25H,18-20H2,1-10H3. The van der Waals surface area contributed by atoms with E-state index in [-0.39, 0.29) is 28.4 Å². The first kappa shape index (κ1) is 28.0. The van der Waals surface area contributed by atoms with Gasteiger partial charge in [0.15, 0.2) is 16.6 Å². The van der Waals surface area contributed by atoms with Gasteiger partial charge >= 0.3 is 0 Å². The third-order valence-electron chi connectivity index (χ3n) is 7.74. The number of ether oxygens (including phenoxy) is 1. The summed E-state index contributed by atoms with van der Waals surface area (Å²) < 4.78 is 20.2. The zero-order valence-corrected chi connectivity index (χ0v) is 24.5. The molecule has 0 amide bonds. The summed E-state index contributed by atoms with van der Waals surface area (Å²) in [7, 11) is -4.11. The Bertz CT molecular complexity index is 805. The molecule has 1 aliphatic carbocycles. The van der Waals surface area contributed by atoms with Crippen molar-refractivity contribution in [1.29, 1.82) is 5.26 Å². The third-order valence-corrected chi connectivity index (χ3v) is 16.7. The number of hydrogen-bond donors (Lipinski definition) is 0. The molecule has 0 N–H and O–H groups in total. The molecular formula is C27H45NO3Si2. The molecule has 0 aliphatic heterocycles. The molecule has 2 atom stereocenters. The minimum absolute atomic E-state index is 0.0191. The van der Waals surface area contributed by atoms with Crippen LogP contribution in [0.3, 0.4) is 0 Å². The summed E-state index contributed by atoms with van der Waals surface area (Å²) in [5, 5.41) is 9.81. The molecule has 0 spiro atoms. The number of hydrogen-bond acceptors (Lipinski definition) is 4. The maximum Gasteiger partial charge on any atom is 0.192 e. The molecule has 1 saturated carbocycles. The molecule has 0 aromatic heterocycles. The van der Waals surface area contributed by atoms with Crippen molar-refractivity contribution in [2.24, 2.45) is 0 Å². The zero-order valence-electron chi connectivity index (χ0n) is 22.5. The number of nitriles is 1. The number of benzene rings is 1. The molecule has 184 valence electrons. The fraction of sp³-hybridized carbons (Fsp3) is 0.667. The summed E-state index contributed by atoms with van der Waals surface area (Å²) in [4.78, 5) is 0. The lowest BCUT2D eigenvalue weighted by Gasteiger charge is -2.47. The molecule has 2 unspecified atom stereocenters. The SMILES string of the molecule is CC(C)(C)[Si](C)(C)OC1CC(OCc2ccccc2)CC(O[Si](C)(C)C(C)(C)C)C1=CC#N. The van der Waals surface area contributed by atoms with Crippen LogP contribution in [0.15, 0.2) is 42.0 Å². The predicted molar refractivity (Wildman–Crippen MR) is 142 cm³/mol.